The summed E-state index contributed by atoms with van der Waals surface area (Å²) in [6.45, 7) is 6.86. The number of carbonyl (C=O) groups excluding carboxylic acids is 1. The van der Waals surface area contributed by atoms with Gasteiger partial charge < -0.3 is 14.7 Å². The van der Waals surface area contributed by atoms with Crippen molar-refractivity contribution < 1.29 is 14.6 Å². The molecule has 0 aromatic rings. The minimum atomic E-state index is -0.617. The van der Waals surface area contributed by atoms with Crippen molar-refractivity contribution in [1.29, 1.82) is 0 Å². The number of likely N-dealkylation sites (tertiary alicyclic amines) is 1. The molecule has 0 aromatic heterocycles. The van der Waals surface area contributed by atoms with E-state index in [1.165, 1.54) is 0 Å². The van der Waals surface area contributed by atoms with E-state index in [-0.39, 0.29) is 5.91 Å². The number of amides is 1. The molecule has 2 aliphatic heterocycles. The summed E-state index contributed by atoms with van der Waals surface area (Å²) in [6.07, 6.45) is 3.48. The average Bonchev–Trinajstić information content (AvgIpc) is 2.81. The van der Waals surface area contributed by atoms with Gasteiger partial charge in [-0.15, -0.1) is 0 Å². The first-order valence-electron chi connectivity index (χ1n) is 7.04. The van der Waals surface area contributed by atoms with E-state index < -0.39 is 5.60 Å². The lowest BCUT2D eigenvalue weighted by atomic mass is 9.83. The number of hydrogen-bond acceptors (Lipinski definition) is 3. The SMILES string of the molecule is CC(C)(O)C1CCN(C(=O)CC2CCOC2)CC1. The van der Waals surface area contributed by atoms with Crippen LogP contribution in [0.15, 0.2) is 0 Å². The van der Waals surface area contributed by atoms with Crippen LogP contribution in [0.25, 0.3) is 0 Å². The maximum absolute atomic E-state index is 12.1. The molecule has 0 saturated carbocycles. The molecule has 2 rings (SSSR count). The molecule has 1 N–H and O–H groups in total. The first kappa shape index (κ1) is 13.8. The van der Waals surface area contributed by atoms with Gasteiger partial charge >= 0.3 is 0 Å². The van der Waals surface area contributed by atoms with Gasteiger partial charge in [0.1, 0.15) is 0 Å². The zero-order valence-electron chi connectivity index (χ0n) is 11.5. The molecule has 0 aliphatic carbocycles. The van der Waals surface area contributed by atoms with Crippen molar-refractivity contribution in [2.24, 2.45) is 11.8 Å². The van der Waals surface area contributed by atoms with Gasteiger partial charge in [0.05, 0.1) is 5.60 Å². The number of ether oxygens (including phenoxy) is 1. The molecule has 0 spiro atoms. The number of carbonyl (C=O) groups is 1. The molecule has 104 valence electrons. The lowest BCUT2D eigenvalue weighted by molar-refractivity contribution is -0.135. The molecule has 0 bridgehead atoms. The summed E-state index contributed by atoms with van der Waals surface area (Å²) in [6, 6.07) is 0. The zero-order chi connectivity index (χ0) is 13.2. The van der Waals surface area contributed by atoms with E-state index in [1.54, 1.807) is 0 Å². The average molecular weight is 255 g/mol. The molecular weight excluding hydrogens is 230 g/mol. The second-order valence-corrected chi connectivity index (χ2v) is 6.24. The van der Waals surface area contributed by atoms with E-state index in [0.29, 0.717) is 18.3 Å². The maximum Gasteiger partial charge on any atom is 0.222 e. The highest BCUT2D eigenvalue weighted by atomic mass is 16.5. The van der Waals surface area contributed by atoms with Gasteiger partial charge in [-0.3, -0.25) is 4.79 Å². The van der Waals surface area contributed by atoms with E-state index >= 15 is 0 Å². The lowest BCUT2D eigenvalue weighted by Gasteiger charge is -2.38. The topological polar surface area (TPSA) is 49.8 Å². The van der Waals surface area contributed by atoms with Crippen LogP contribution < -0.4 is 0 Å². The van der Waals surface area contributed by atoms with Crippen LogP contribution in [0, 0.1) is 11.8 Å². The molecule has 1 amide bonds. The van der Waals surface area contributed by atoms with Gasteiger partial charge in [0, 0.05) is 32.7 Å². The van der Waals surface area contributed by atoms with Crippen molar-refractivity contribution in [3.8, 4) is 0 Å². The summed E-state index contributed by atoms with van der Waals surface area (Å²) in [5, 5.41) is 9.98. The van der Waals surface area contributed by atoms with Crippen LogP contribution in [0.1, 0.15) is 39.5 Å². The minimum Gasteiger partial charge on any atom is -0.390 e. The van der Waals surface area contributed by atoms with Crippen LogP contribution in [0.4, 0.5) is 0 Å². The van der Waals surface area contributed by atoms with Crippen molar-refractivity contribution in [3.63, 3.8) is 0 Å². The van der Waals surface area contributed by atoms with Gasteiger partial charge in [0.15, 0.2) is 0 Å². The highest BCUT2D eigenvalue weighted by molar-refractivity contribution is 5.76. The Kier molecular flexibility index (Phi) is 4.28. The first-order valence-corrected chi connectivity index (χ1v) is 7.04. The van der Waals surface area contributed by atoms with Crippen molar-refractivity contribution in [3.05, 3.63) is 0 Å². The minimum absolute atomic E-state index is 0.264. The third kappa shape index (κ3) is 3.45. The molecule has 2 heterocycles. The van der Waals surface area contributed by atoms with Gasteiger partial charge in [0.2, 0.25) is 5.91 Å². The quantitative estimate of drug-likeness (QED) is 0.830. The molecule has 0 aromatic carbocycles. The molecule has 2 fully saturated rings. The number of nitrogens with zero attached hydrogens (tertiary/aromatic N) is 1. The Labute approximate surface area is 109 Å². The molecule has 1 unspecified atom stereocenters. The van der Waals surface area contributed by atoms with Crippen molar-refractivity contribution >= 4 is 5.91 Å². The molecular formula is C14H25NO3. The van der Waals surface area contributed by atoms with E-state index in [0.717, 1.165) is 45.6 Å². The second kappa shape index (κ2) is 5.57. The summed E-state index contributed by atoms with van der Waals surface area (Å²) in [7, 11) is 0. The fourth-order valence-corrected chi connectivity index (χ4v) is 2.96. The van der Waals surface area contributed by atoms with Crippen LogP contribution in [-0.2, 0) is 9.53 Å². The van der Waals surface area contributed by atoms with E-state index in [2.05, 4.69) is 0 Å². The third-order valence-corrected chi connectivity index (χ3v) is 4.33. The Morgan fingerprint density at radius 1 is 1.33 bits per heavy atom. The van der Waals surface area contributed by atoms with Crippen LogP contribution in [0.5, 0.6) is 0 Å². The van der Waals surface area contributed by atoms with Crippen molar-refractivity contribution in [1.82, 2.24) is 4.90 Å². The summed E-state index contributed by atoms with van der Waals surface area (Å²) >= 11 is 0. The van der Waals surface area contributed by atoms with Gasteiger partial charge in [0.25, 0.3) is 0 Å². The number of hydrogen-bond donors (Lipinski definition) is 1. The smallest absolute Gasteiger partial charge is 0.222 e. The predicted octanol–water partition coefficient (Wildman–Crippen LogP) is 1.42. The normalized spacial score (nSPS) is 26.6. The number of rotatable bonds is 3. The monoisotopic (exact) mass is 255 g/mol. The summed E-state index contributed by atoms with van der Waals surface area (Å²) in [5.74, 6) is 1.00. The van der Waals surface area contributed by atoms with Crippen LogP contribution in [-0.4, -0.2) is 47.8 Å². The lowest BCUT2D eigenvalue weighted by Crippen LogP contribution is -2.44. The third-order valence-electron chi connectivity index (χ3n) is 4.33. The molecule has 4 heteroatoms. The Morgan fingerprint density at radius 3 is 2.50 bits per heavy atom. The summed E-state index contributed by atoms with van der Waals surface area (Å²) < 4.78 is 5.30. The van der Waals surface area contributed by atoms with E-state index in [9.17, 15) is 9.90 Å². The largest absolute Gasteiger partial charge is 0.390 e. The van der Waals surface area contributed by atoms with E-state index in [1.807, 2.05) is 18.7 Å². The fraction of sp³-hybridized carbons (Fsp3) is 0.929. The maximum atomic E-state index is 12.1. The van der Waals surface area contributed by atoms with Crippen LogP contribution >= 0.6 is 0 Å². The summed E-state index contributed by atoms with van der Waals surface area (Å²) in [4.78, 5) is 14.1. The summed E-state index contributed by atoms with van der Waals surface area (Å²) in [5.41, 5.74) is -0.617. The van der Waals surface area contributed by atoms with Crippen molar-refractivity contribution in [2.75, 3.05) is 26.3 Å². The van der Waals surface area contributed by atoms with Gasteiger partial charge in [-0.25, -0.2) is 0 Å². The van der Waals surface area contributed by atoms with Gasteiger partial charge in [-0.05, 0) is 44.9 Å². The Bertz CT molecular complexity index is 284. The Morgan fingerprint density at radius 2 is 2.00 bits per heavy atom. The van der Waals surface area contributed by atoms with E-state index in [4.69, 9.17) is 4.74 Å². The molecule has 0 radical (unpaired) electrons. The number of piperidine rings is 1. The molecule has 2 saturated heterocycles. The number of aliphatic hydroxyl groups is 1. The van der Waals surface area contributed by atoms with Crippen LogP contribution in [0.3, 0.4) is 0 Å². The second-order valence-electron chi connectivity index (χ2n) is 6.24. The van der Waals surface area contributed by atoms with Gasteiger partial charge in [-0.2, -0.15) is 0 Å². The Hall–Kier alpha value is -0.610. The van der Waals surface area contributed by atoms with Gasteiger partial charge in [-0.1, -0.05) is 0 Å². The molecule has 1 atom stereocenters. The standard InChI is InChI=1S/C14H25NO3/c1-14(2,17)12-3-6-15(7-4-12)13(16)9-11-5-8-18-10-11/h11-12,17H,3-10H2,1-2H3. The predicted molar refractivity (Wildman–Crippen MR) is 69.1 cm³/mol. The molecule has 4 nitrogen and oxygen atoms in total. The Balaban J connectivity index is 1.76. The molecule has 18 heavy (non-hydrogen) atoms. The zero-order valence-corrected chi connectivity index (χ0v) is 11.5. The first-order chi connectivity index (χ1) is 8.47. The molecule has 2 aliphatic rings. The van der Waals surface area contributed by atoms with Crippen LogP contribution in [0.2, 0.25) is 0 Å². The highest BCUT2D eigenvalue weighted by Gasteiger charge is 2.32. The fourth-order valence-electron chi connectivity index (χ4n) is 2.96. The van der Waals surface area contributed by atoms with Crippen molar-refractivity contribution in [2.45, 2.75) is 45.1 Å². The highest BCUT2D eigenvalue weighted by Crippen LogP contribution is 2.28.